The second-order valence-corrected chi connectivity index (χ2v) is 5.73. The van der Waals surface area contributed by atoms with Crippen molar-refractivity contribution in [1.82, 2.24) is 0 Å². The second-order valence-electron chi connectivity index (χ2n) is 5.73. The highest BCUT2D eigenvalue weighted by Gasteiger charge is 2.12. The summed E-state index contributed by atoms with van der Waals surface area (Å²) in [6.07, 6.45) is 0. The number of nitrogens with two attached hydrogens (primary N) is 1. The van der Waals surface area contributed by atoms with E-state index in [9.17, 15) is 4.79 Å². The molecule has 3 N–H and O–H groups in total. The molecular weight excluding hydrogens is 276 g/mol. The van der Waals surface area contributed by atoms with Crippen LogP contribution in [0.25, 0.3) is 0 Å². The Morgan fingerprint density at radius 2 is 1.95 bits per heavy atom. The van der Waals surface area contributed by atoms with E-state index < -0.39 is 0 Å². The van der Waals surface area contributed by atoms with E-state index in [4.69, 9.17) is 10.5 Å². The van der Waals surface area contributed by atoms with E-state index in [1.165, 1.54) is 0 Å². The number of nitrogens with one attached hydrogen (secondary N) is 1. The van der Waals surface area contributed by atoms with Gasteiger partial charge in [-0.15, -0.1) is 0 Å². The molecule has 22 heavy (non-hydrogen) atoms. The van der Waals surface area contributed by atoms with E-state index >= 15 is 0 Å². The number of hydrogen-bond donors (Lipinski definition) is 2. The first-order valence-electron chi connectivity index (χ1n) is 7.36. The molecule has 0 atom stereocenters. The average Bonchev–Trinajstić information content (AvgIpc) is 2.48. The van der Waals surface area contributed by atoms with Gasteiger partial charge in [-0.2, -0.15) is 0 Å². The molecule has 2 aromatic carbocycles. The molecule has 0 heterocycles. The maximum Gasteiger partial charge on any atom is 0.256 e. The van der Waals surface area contributed by atoms with Crippen LogP contribution in [0.5, 0.6) is 5.75 Å². The van der Waals surface area contributed by atoms with Crippen molar-refractivity contribution in [3.63, 3.8) is 0 Å². The number of para-hydroxylation sites is 2. The topological polar surface area (TPSA) is 64.4 Å². The number of rotatable bonds is 5. The third-order valence-corrected chi connectivity index (χ3v) is 3.21. The summed E-state index contributed by atoms with van der Waals surface area (Å²) in [7, 11) is 0. The van der Waals surface area contributed by atoms with Crippen molar-refractivity contribution < 1.29 is 9.53 Å². The molecule has 2 rings (SSSR count). The lowest BCUT2D eigenvalue weighted by Gasteiger charge is -2.14. The molecule has 116 valence electrons. The fraction of sp³-hybridized carbons (Fsp3) is 0.278. The number of ether oxygens (including phenoxy) is 1. The van der Waals surface area contributed by atoms with Crippen molar-refractivity contribution in [2.24, 2.45) is 5.92 Å². The van der Waals surface area contributed by atoms with Crippen LogP contribution in [-0.2, 0) is 0 Å². The van der Waals surface area contributed by atoms with Crippen LogP contribution in [0.3, 0.4) is 0 Å². The van der Waals surface area contributed by atoms with Crippen molar-refractivity contribution in [3.8, 4) is 5.75 Å². The summed E-state index contributed by atoms with van der Waals surface area (Å²) in [4.78, 5) is 12.5. The molecule has 4 nitrogen and oxygen atoms in total. The molecule has 0 unspecified atom stereocenters. The fourth-order valence-electron chi connectivity index (χ4n) is 2.03. The molecule has 2 aromatic rings. The van der Waals surface area contributed by atoms with Crippen LogP contribution >= 0.6 is 0 Å². The van der Waals surface area contributed by atoms with Gasteiger partial charge in [-0.05, 0) is 42.7 Å². The Balaban J connectivity index is 2.19. The van der Waals surface area contributed by atoms with Crippen molar-refractivity contribution in [2.45, 2.75) is 20.8 Å². The Morgan fingerprint density at radius 3 is 2.68 bits per heavy atom. The predicted molar refractivity (Wildman–Crippen MR) is 90.3 cm³/mol. The lowest BCUT2D eigenvalue weighted by atomic mass is 10.1. The summed E-state index contributed by atoms with van der Waals surface area (Å²) in [5.74, 6) is 0.899. The minimum atomic E-state index is -0.189. The first-order chi connectivity index (χ1) is 10.5. The smallest absolute Gasteiger partial charge is 0.256 e. The van der Waals surface area contributed by atoms with Crippen molar-refractivity contribution in [2.75, 3.05) is 17.7 Å². The summed E-state index contributed by atoms with van der Waals surface area (Å²) in [5.41, 5.74) is 8.45. The van der Waals surface area contributed by atoms with Crippen molar-refractivity contribution in [1.29, 1.82) is 0 Å². The minimum absolute atomic E-state index is 0.189. The number of hydrogen-bond acceptors (Lipinski definition) is 3. The Morgan fingerprint density at radius 1 is 1.23 bits per heavy atom. The molecule has 1 amide bonds. The molecule has 0 aliphatic rings. The van der Waals surface area contributed by atoms with Crippen LogP contribution < -0.4 is 15.8 Å². The maximum atomic E-state index is 12.5. The Bertz CT molecular complexity index is 666. The third-order valence-electron chi connectivity index (χ3n) is 3.21. The maximum absolute atomic E-state index is 12.5. The molecule has 0 saturated carbocycles. The fourth-order valence-corrected chi connectivity index (χ4v) is 2.03. The van der Waals surface area contributed by atoms with Gasteiger partial charge in [0.2, 0.25) is 0 Å². The van der Waals surface area contributed by atoms with Gasteiger partial charge in [0.15, 0.2) is 0 Å². The number of anilines is 2. The van der Waals surface area contributed by atoms with Gasteiger partial charge in [0.25, 0.3) is 5.91 Å². The van der Waals surface area contributed by atoms with Gasteiger partial charge in [0.05, 0.1) is 12.3 Å². The lowest BCUT2D eigenvalue weighted by Crippen LogP contribution is -2.15. The number of carbonyl (C=O) groups is 1. The van der Waals surface area contributed by atoms with E-state index in [1.54, 1.807) is 12.1 Å². The first-order valence-corrected chi connectivity index (χ1v) is 7.36. The Kier molecular flexibility index (Phi) is 5.04. The van der Waals surface area contributed by atoms with Crippen LogP contribution in [0, 0.1) is 12.8 Å². The van der Waals surface area contributed by atoms with E-state index in [0.717, 1.165) is 5.56 Å². The Labute approximate surface area is 131 Å². The normalized spacial score (nSPS) is 10.5. The average molecular weight is 298 g/mol. The zero-order valence-electron chi connectivity index (χ0n) is 13.2. The van der Waals surface area contributed by atoms with E-state index in [1.807, 2.05) is 37.3 Å². The van der Waals surface area contributed by atoms with Crippen LogP contribution in [0.2, 0.25) is 0 Å². The summed E-state index contributed by atoms with van der Waals surface area (Å²) < 4.78 is 5.75. The molecule has 0 aromatic heterocycles. The monoisotopic (exact) mass is 298 g/mol. The van der Waals surface area contributed by atoms with Gasteiger partial charge in [-0.1, -0.05) is 32.0 Å². The number of benzene rings is 2. The molecule has 0 aliphatic carbocycles. The second kappa shape index (κ2) is 6.98. The van der Waals surface area contributed by atoms with Crippen LogP contribution in [0.15, 0.2) is 42.5 Å². The van der Waals surface area contributed by atoms with Gasteiger partial charge in [0.1, 0.15) is 5.75 Å². The third kappa shape index (κ3) is 4.01. The van der Waals surface area contributed by atoms with Crippen molar-refractivity contribution in [3.05, 3.63) is 53.6 Å². The van der Waals surface area contributed by atoms with Crippen LogP contribution in [0.1, 0.15) is 29.8 Å². The summed E-state index contributed by atoms with van der Waals surface area (Å²) >= 11 is 0. The molecular formula is C18H22N2O2. The number of amides is 1. The van der Waals surface area contributed by atoms with Crippen molar-refractivity contribution >= 4 is 17.3 Å². The largest absolute Gasteiger partial charge is 0.491 e. The molecule has 0 spiro atoms. The number of aryl methyl sites for hydroxylation is 1. The Hall–Kier alpha value is -2.49. The molecule has 0 radical (unpaired) electrons. The molecule has 0 saturated heterocycles. The minimum Gasteiger partial charge on any atom is -0.491 e. The van der Waals surface area contributed by atoms with Gasteiger partial charge in [-0.25, -0.2) is 0 Å². The standard InChI is InChI=1S/C18H22N2O2/c1-12(2)11-22-17-7-5-4-6-16(17)20-18(21)15-10-14(19)9-8-13(15)3/h4-10,12H,11,19H2,1-3H3,(H,20,21). The van der Waals surface area contributed by atoms with Crippen LogP contribution in [0.4, 0.5) is 11.4 Å². The molecule has 0 fully saturated rings. The predicted octanol–water partition coefficient (Wildman–Crippen LogP) is 3.86. The van der Waals surface area contributed by atoms with Gasteiger partial charge >= 0.3 is 0 Å². The lowest BCUT2D eigenvalue weighted by molar-refractivity contribution is 0.102. The van der Waals surface area contributed by atoms with E-state index in [2.05, 4.69) is 19.2 Å². The first kappa shape index (κ1) is 15.9. The highest BCUT2D eigenvalue weighted by Crippen LogP contribution is 2.25. The van der Waals surface area contributed by atoms with Crippen LogP contribution in [-0.4, -0.2) is 12.5 Å². The molecule has 0 bridgehead atoms. The number of nitrogen functional groups attached to an aromatic ring is 1. The van der Waals surface area contributed by atoms with E-state index in [-0.39, 0.29) is 5.91 Å². The molecule has 0 aliphatic heterocycles. The summed E-state index contributed by atoms with van der Waals surface area (Å²) in [6.45, 7) is 6.65. The summed E-state index contributed by atoms with van der Waals surface area (Å²) in [5, 5.41) is 2.90. The SMILES string of the molecule is Cc1ccc(N)cc1C(=O)Nc1ccccc1OCC(C)C. The zero-order chi connectivity index (χ0) is 16.1. The van der Waals surface area contributed by atoms with Gasteiger partial charge in [0, 0.05) is 11.3 Å². The summed E-state index contributed by atoms with van der Waals surface area (Å²) in [6, 6.07) is 12.7. The zero-order valence-corrected chi connectivity index (χ0v) is 13.2. The highest BCUT2D eigenvalue weighted by molar-refractivity contribution is 6.06. The molecule has 4 heteroatoms. The number of carbonyl (C=O) groups excluding carboxylic acids is 1. The van der Waals surface area contributed by atoms with Gasteiger partial charge in [-0.3, -0.25) is 4.79 Å². The quantitative estimate of drug-likeness (QED) is 0.824. The van der Waals surface area contributed by atoms with Gasteiger partial charge < -0.3 is 15.8 Å². The highest BCUT2D eigenvalue weighted by atomic mass is 16.5. The van der Waals surface area contributed by atoms with E-state index in [0.29, 0.717) is 35.2 Å².